The Balaban J connectivity index is 1.89. The van der Waals surface area contributed by atoms with Crippen molar-refractivity contribution in [3.63, 3.8) is 0 Å². The predicted molar refractivity (Wildman–Crippen MR) is 117 cm³/mol. The lowest BCUT2D eigenvalue weighted by Gasteiger charge is -2.38. The zero-order valence-corrected chi connectivity index (χ0v) is 18.5. The number of aromatic nitrogens is 1. The average molecular weight is 442 g/mol. The lowest BCUT2D eigenvalue weighted by atomic mass is 10.1. The standard InChI is InChI=1S/C22H26N4O6/c1-6-19(28)24-10-14(11-24)23-18(27)12-25-13(2)20(21(29)32-22(3,4)5)16-9-15(26(30)31)7-8-17(16)25/h6-9,14H,1,10-12H2,2-5H3,(H,23,27). The van der Waals surface area contributed by atoms with Gasteiger partial charge in [0, 0.05) is 36.3 Å². The van der Waals surface area contributed by atoms with E-state index < -0.39 is 16.5 Å². The van der Waals surface area contributed by atoms with Crippen molar-refractivity contribution in [3.8, 4) is 0 Å². The molecule has 10 heteroatoms. The molecule has 1 aromatic carbocycles. The second-order valence-corrected chi connectivity index (χ2v) is 8.72. The molecule has 2 amide bonds. The zero-order valence-electron chi connectivity index (χ0n) is 18.5. The zero-order chi connectivity index (χ0) is 23.8. The molecule has 0 saturated carbocycles. The number of hydrogen-bond donors (Lipinski definition) is 1. The summed E-state index contributed by atoms with van der Waals surface area (Å²) < 4.78 is 7.14. The van der Waals surface area contributed by atoms with Gasteiger partial charge in [-0.05, 0) is 39.8 Å². The molecular weight excluding hydrogens is 416 g/mol. The summed E-state index contributed by atoms with van der Waals surface area (Å²) in [6.07, 6.45) is 1.23. The van der Waals surface area contributed by atoms with Gasteiger partial charge in [-0.25, -0.2) is 4.79 Å². The summed E-state index contributed by atoms with van der Waals surface area (Å²) in [5.74, 6) is -1.10. The number of amides is 2. The van der Waals surface area contributed by atoms with Crippen LogP contribution in [-0.2, 0) is 20.9 Å². The van der Waals surface area contributed by atoms with E-state index in [4.69, 9.17) is 4.74 Å². The van der Waals surface area contributed by atoms with Gasteiger partial charge < -0.3 is 19.5 Å². The molecule has 10 nitrogen and oxygen atoms in total. The Morgan fingerprint density at radius 3 is 2.53 bits per heavy atom. The van der Waals surface area contributed by atoms with Crippen LogP contribution in [0.1, 0.15) is 36.8 Å². The molecule has 3 rings (SSSR count). The second-order valence-electron chi connectivity index (χ2n) is 8.72. The number of non-ortho nitro benzene ring substituents is 1. The van der Waals surface area contributed by atoms with Crippen LogP contribution in [0.3, 0.4) is 0 Å². The first-order chi connectivity index (χ1) is 14.9. The summed E-state index contributed by atoms with van der Waals surface area (Å²) in [5.41, 5.74) is 0.265. The van der Waals surface area contributed by atoms with Crippen LogP contribution in [0, 0.1) is 17.0 Å². The van der Waals surface area contributed by atoms with Gasteiger partial charge in [-0.3, -0.25) is 19.7 Å². The lowest BCUT2D eigenvalue weighted by Crippen LogP contribution is -2.61. The molecule has 1 N–H and O–H groups in total. The minimum atomic E-state index is -0.755. The quantitative estimate of drug-likeness (QED) is 0.317. The highest BCUT2D eigenvalue weighted by Crippen LogP contribution is 2.31. The number of esters is 1. The number of likely N-dealkylation sites (tertiary alicyclic amines) is 1. The number of benzene rings is 1. The first kappa shape index (κ1) is 23.0. The molecule has 0 atom stereocenters. The molecule has 1 aliphatic rings. The highest BCUT2D eigenvalue weighted by Gasteiger charge is 2.31. The topological polar surface area (TPSA) is 124 Å². The Kier molecular flexibility index (Phi) is 6.07. The number of nitrogens with zero attached hydrogens (tertiary/aromatic N) is 3. The maximum Gasteiger partial charge on any atom is 0.341 e. The maximum atomic E-state index is 12.9. The van der Waals surface area contributed by atoms with Crippen LogP contribution >= 0.6 is 0 Å². The van der Waals surface area contributed by atoms with Gasteiger partial charge in [0.25, 0.3) is 5.69 Å². The minimum absolute atomic E-state index is 0.0884. The number of nitro benzene ring substituents is 1. The number of hydrogen-bond acceptors (Lipinski definition) is 6. The van der Waals surface area contributed by atoms with Crippen LogP contribution in [-0.4, -0.2) is 56.9 Å². The molecule has 0 radical (unpaired) electrons. The van der Waals surface area contributed by atoms with Gasteiger partial charge in [-0.2, -0.15) is 0 Å². The van der Waals surface area contributed by atoms with E-state index in [2.05, 4.69) is 11.9 Å². The van der Waals surface area contributed by atoms with Gasteiger partial charge in [-0.1, -0.05) is 6.58 Å². The largest absolute Gasteiger partial charge is 0.456 e. The minimum Gasteiger partial charge on any atom is -0.456 e. The van der Waals surface area contributed by atoms with E-state index in [0.717, 1.165) is 0 Å². The van der Waals surface area contributed by atoms with E-state index in [-0.39, 0.29) is 35.7 Å². The molecule has 0 unspecified atom stereocenters. The molecule has 1 aliphatic heterocycles. The molecule has 2 aromatic rings. The molecule has 0 aliphatic carbocycles. The van der Waals surface area contributed by atoms with Crippen LogP contribution in [0.15, 0.2) is 30.9 Å². The number of fused-ring (bicyclic) bond motifs is 1. The Labute approximate surface area is 185 Å². The van der Waals surface area contributed by atoms with Crippen LogP contribution < -0.4 is 5.32 Å². The Hall–Kier alpha value is -3.69. The van der Waals surface area contributed by atoms with Crippen molar-refractivity contribution in [3.05, 3.63) is 52.2 Å². The highest BCUT2D eigenvalue weighted by atomic mass is 16.6. The fourth-order valence-corrected chi connectivity index (χ4v) is 3.67. The van der Waals surface area contributed by atoms with E-state index >= 15 is 0 Å². The molecule has 1 fully saturated rings. The monoisotopic (exact) mass is 442 g/mol. The number of carbonyl (C=O) groups excluding carboxylic acids is 3. The van der Waals surface area contributed by atoms with Crippen LogP contribution in [0.2, 0.25) is 0 Å². The molecule has 1 aromatic heterocycles. The Bertz CT molecular complexity index is 1120. The number of nitro groups is 1. The summed E-state index contributed by atoms with van der Waals surface area (Å²) in [6, 6.07) is 4.01. The Morgan fingerprint density at radius 2 is 1.97 bits per heavy atom. The lowest BCUT2D eigenvalue weighted by molar-refractivity contribution is -0.384. The Morgan fingerprint density at radius 1 is 1.31 bits per heavy atom. The van der Waals surface area contributed by atoms with Gasteiger partial charge in [0.2, 0.25) is 11.8 Å². The van der Waals surface area contributed by atoms with E-state index in [9.17, 15) is 24.5 Å². The second kappa shape index (κ2) is 8.45. The van der Waals surface area contributed by atoms with Crippen molar-refractivity contribution < 1.29 is 24.0 Å². The summed E-state index contributed by atoms with van der Waals surface area (Å²) in [5, 5.41) is 14.5. The maximum absolute atomic E-state index is 12.9. The molecule has 0 spiro atoms. The number of ether oxygens (including phenoxy) is 1. The van der Waals surface area contributed by atoms with Crippen LogP contribution in [0.25, 0.3) is 10.9 Å². The van der Waals surface area contributed by atoms with E-state index in [1.807, 2.05) is 0 Å². The first-order valence-electron chi connectivity index (χ1n) is 10.1. The van der Waals surface area contributed by atoms with Crippen molar-refractivity contribution in [2.75, 3.05) is 13.1 Å². The van der Waals surface area contributed by atoms with Crippen molar-refractivity contribution in [1.82, 2.24) is 14.8 Å². The van der Waals surface area contributed by atoms with Gasteiger partial charge in [-0.15, -0.1) is 0 Å². The van der Waals surface area contributed by atoms with Crippen LogP contribution in [0.5, 0.6) is 0 Å². The smallest absolute Gasteiger partial charge is 0.341 e. The third-order valence-corrected chi connectivity index (χ3v) is 5.16. The van der Waals surface area contributed by atoms with Crippen molar-refractivity contribution in [1.29, 1.82) is 0 Å². The molecule has 0 bridgehead atoms. The molecule has 32 heavy (non-hydrogen) atoms. The number of carbonyl (C=O) groups is 3. The SMILES string of the molecule is C=CC(=O)N1CC(NC(=O)Cn2c(C)c(C(=O)OC(C)(C)C)c3cc([N+](=O)[O-])ccc32)C1. The van der Waals surface area contributed by atoms with E-state index in [1.54, 1.807) is 37.2 Å². The number of nitrogens with one attached hydrogen (secondary N) is 1. The third kappa shape index (κ3) is 4.63. The molecular formula is C22H26N4O6. The highest BCUT2D eigenvalue weighted by molar-refractivity contribution is 6.07. The van der Waals surface area contributed by atoms with Crippen molar-refractivity contribution in [2.45, 2.75) is 45.9 Å². The normalized spacial score (nSPS) is 14.1. The summed E-state index contributed by atoms with van der Waals surface area (Å²) >= 11 is 0. The molecule has 170 valence electrons. The van der Waals surface area contributed by atoms with E-state index in [1.165, 1.54) is 24.3 Å². The average Bonchev–Trinajstić information content (AvgIpc) is 2.93. The van der Waals surface area contributed by atoms with Gasteiger partial charge in [0.1, 0.15) is 12.1 Å². The van der Waals surface area contributed by atoms with Crippen LogP contribution in [0.4, 0.5) is 5.69 Å². The van der Waals surface area contributed by atoms with E-state index in [0.29, 0.717) is 29.7 Å². The molecule has 1 saturated heterocycles. The summed E-state index contributed by atoms with van der Waals surface area (Å²) in [6.45, 7) is 11.0. The summed E-state index contributed by atoms with van der Waals surface area (Å²) in [7, 11) is 0. The third-order valence-electron chi connectivity index (χ3n) is 5.16. The van der Waals surface area contributed by atoms with Crippen molar-refractivity contribution >= 4 is 34.4 Å². The summed E-state index contributed by atoms with van der Waals surface area (Å²) in [4.78, 5) is 49.4. The predicted octanol–water partition coefficient (Wildman–Crippen LogP) is 2.33. The van der Waals surface area contributed by atoms with Gasteiger partial charge in [0.05, 0.1) is 22.0 Å². The van der Waals surface area contributed by atoms with Gasteiger partial charge in [0.15, 0.2) is 0 Å². The fraction of sp³-hybridized carbons (Fsp3) is 0.409. The first-order valence-corrected chi connectivity index (χ1v) is 10.1. The molecule has 2 heterocycles. The fourth-order valence-electron chi connectivity index (χ4n) is 3.67. The van der Waals surface area contributed by atoms with Gasteiger partial charge >= 0.3 is 5.97 Å². The number of rotatable bonds is 6. The van der Waals surface area contributed by atoms with Crippen molar-refractivity contribution in [2.24, 2.45) is 0 Å².